The van der Waals surface area contributed by atoms with E-state index in [1.807, 2.05) is 6.92 Å². The summed E-state index contributed by atoms with van der Waals surface area (Å²) >= 11 is 0. The van der Waals surface area contributed by atoms with Gasteiger partial charge in [0.05, 0.1) is 0 Å². The largest absolute Gasteiger partial charge is 0.327 e. The summed E-state index contributed by atoms with van der Waals surface area (Å²) in [6.45, 7) is 1.82. The van der Waals surface area contributed by atoms with Crippen molar-refractivity contribution in [2.45, 2.75) is 45.1 Å². The number of anilines is 1. The average molecular weight is 290 g/mol. The normalized spacial score (nSPS) is 31.8. The Hall–Kier alpha value is -1.42. The number of aryl methyl sites for hydroxylation is 1. The van der Waals surface area contributed by atoms with Gasteiger partial charge in [0.15, 0.2) is 0 Å². The van der Waals surface area contributed by atoms with Gasteiger partial charge >= 0.3 is 0 Å². The predicted molar refractivity (Wildman–Crippen MR) is 81.3 cm³/mol. The number of carbonyl (C=O) groups is 1. The molecule has 114 valence electrons. The fourth-order valence-electron chi connectivity index (χ4n) is 4.06. The van der Waals surface area contributed by atoms with Gasteiger partial charge in [0.2, 0.25) is 5.91 Å². The maximum atomic E-state index is 13.4. The Kier molecular flexibility index (Phi) is 3.98. The molecule has 3 nitrogen and oxygen atoms in total. The second-order valence-corrected chi connectivity index (χ2v) is 6.70. The van der Waals surface area contributed by atoms with Crippen LogP contribution in [-0.2, 0) is 4.79 Å². The van der Waals surface area contributed by atoms with Gasteiger partial charge in [0.25, 0.3) is 0 Å². The van der Waals surface area contributed by atoms with Crippen LogP contribution in [0.1, 0.15) is 37.7 Å². The topological polar surface area (TPSA) is 55.1 Å². The van der Waals surface area contributed by atoms with Crippen molar-refractivity contribution in [3.8, 4) is 0 Å². The van der Waals surface area contributed by atoms with E-state index in [1.54, 1.807) is 6.07 Å². The van der Waals surface area contributed by atoms with E-state index in [1.165, 1.54) is 18.6 Å². The molecule has 0 heterocycles. The van der Waals surface area contributed by atoms with Crippen molar-refractivity contribution in [2.75, 3.05) is 5.32 Å². The lowest BCUT2D eigenvalue weighted by Crippen LogP contribution is -2.48. The molecule has 2 unspecified atom stereocenters. The lowest BCUT2D eigenvalue weighted by Gasteiger charge is -2.43. The highest BCUT2D eigenvalue weighted by Crippen LogP contribution is 2.42. The average Bonchev–Trinajstić information content (AvgIpc) is 2.36. The molecule has 3 N–H and O–H groups in total. The first-order valence-corrected chi connectivity index (χ1v) is 7.86. The van der Waals surface area contributed by atoms with Crippen LogP contribution in [0.4, 0.5) is 10.1 Å². The second kappa shape index (κ2) is 5.76. The highest BCUT2D eigenvalue weighted by Gasteiger charge is 2.40. The van der Waals surface area contributed by atoms with Crippen LogP contribution in [0.15, 0.2) is 18.2 Å². The molecule has 0 radical (unpaired) electrons. The molecule has 0 saturated heterocycles. The van der Waals surface area contributed by atoms with Gasteiger partial charge in [-0.25, -0.2) is 4.39 Å². The van der Waals surface area contributed by atoms with E-state index < -0.39 is 0 Å². The number of hydrogen-bond donors (Lipinski definition) is 2. The van der Waals surface area contributed by atoms with Gasteiger partial charge in [-0.3, -0.25) is 4.79 Å². The number of nitrogens with one attached hydrogen (secondary N) is 1. The second-order valence-electron chi connectivity index (χ2n) is 6.70. The van der Waals surface area contributed by atoms with Crippen LogP contribution in [0.3, 0.4) is 0 Å². The van der Waals surface area contributed by atoms with Gasteiger partial charge in [-0.1, -0.05) is 6.42 Å². The van der Waals surface area contributed by atoms with E-state index in [0.717, 1.165) is 31.2 Å². The molecule has 1 aromatic carbocycles. The van der Waals surface area contributed by atoms with Gasteiger partial charge < -0.3 is 11.1 Å². The van der Waals surface area contributed by atoms with E-state index >= 15 is 0 Å². The molecule has 1 amide bonds. The van der Waals surface area contributed by atoms with Gasteiger partial charge in [-0.2, -0.15) is 0 Å². The summed E-state index contributed by atoms with van der Waals surface area (Å²) in [5, 5.41) is 2.88. The lowest BCUT2D eigenvalue weighted by atomic mass is 9.65. The standard InChI is InChI=1S/C17H23FN2O/c1-10-5-14(18)9-15(6-10)20-17(21)13-7-11-3-2-4-12(8-13)16(11)19/h5-6,9,11-13,16H,2-4,7-8,19H2,1H3,(H,20,21). The molecule has 2 atom stereocenters. The molecule has 2 fully saturated rings. The molecular formula is C17H23FN2O. The van der Waals surface area contributed by atoms with Crippen molar-refractivity contribution in [3.63, 3.8) is 0 Å². The number of amides is 1. The summed E-state index contributed by atoms with van der Waals surface area (Å²) in [5.74, 6) is 0.672. The zero-order chi connectivity index (χ0) is 15.0. The van der Waals surface area contributed by atoms with Crippen LogP contribution in [-0.4, -0.2) is 11.9 Å². The molecule has 0 spiro atoms. The quantitative estimate of drug-likeness (QED) is 0.878. The van der Waals surface area contributed by atoms with Crippen LogP contribution in [0.2, 0.25) is 0 Å². The zero-order valence-electron chi connectivity index (χ0n) is 12.4. The van der Waals surface area contributed by atoms with Crippen molar-refractivity contribution in [1.82, 2.24) is 0 Å². The van der Waals surface area contributed by atoms with E-state index in [0.29, 0.717) is 17.5 Å². The highest BCUT2D eigenvalue weighted by molar-refractivity contribution is 5.92. The Morgan fingerprint density at radius 2 is 1.90 bits per heavy atom. The molecule has 21 heavy (non-hydrogen) atoms. The zero-order valence-corrected chi connectivity index (χ0v) is 12.4. The first-order valence-electron chi connectivity index (χ1n) is 7.86. The Morgan fingerprint density at radius 1 is 1.24 bits per heavy atom. The molecule has 3 rings (SSSR count). The van der Waals surface area contributed by atoms with Crippen molar-refractivity contribution in [1.29, 1.82) is 0 Å². The number of carbonyl (C=O) groups excluding carboxylic acids is 1. The minimum atomic E-state index is -0.312. The smallest absolute Gasteiger partial charge is 0.227 e. The van der Waals surface area contributed by atoms with Gasteiger partial charge in [-0.15, -0.1) is 0 Å². The first kappa shape index (κ1) is 14.5. The number of halogens is 1. The molecule has 2 aliphatic carbocycles. The minimum Gasteiger partial charge on any atom is -0.327 e. The van der Waals surface area contributed by atoms with Crippen molar-refractivity contribution in [2.24, 2.45) is 23.5 Å². The number of rotatable bonds is 2. The van der Waals surface area contributed by atoms with Gasteiger partial charge in [0, 0.05) is 17.6 Å². The Bertz CT molecular complexity index is 511. The molecular weight excluding hydrogens is 267 g/mol. The molecule has 0 aliphatic heterocycles. The fraction of sp³-hybridized carbons (Fsp3) is 0.588. The Labute approximate surface area is 125 Å². The third-order valence-electron chi connectivity index (χ3n) is 5.09. The van der Waals surface area contributed by atoms with E-state index in [4.69, 9.17) is 5.73 Å². The molecule has 0 aromatic heterocycles. The van der Waals surface area contributed by atoms with E-state index in [-0.39, 0.29) is 23.7 Å². The highest BCUT2D eigenvalue weighted by atomic mass is 19.1. The molecule has 2 aliphatic rings. The van der Waals surface area contributed by atoms with Gasteiger partial charge in [-0.05, 0) is 68.2 Å². The summed E-state index contributed by atoms with van der Waals surface area (Å²) in [4.78, 5) is 12.5. The predicted octanol–water partition coefficient (Wildman–Crippen LogP) is 3.23. The summed E-state index contributed by atoms with van der Waals surface area (Å²) in [5.41, 5.74) is 7.62. The summed E-state index contributed by atoms with van der Waals surface area (Å²) in [7, 11) is 0. The molecule has 2 saturated carbocycles. The molecule has 4 heteroatoms. The third kappa shape index (κ3) is 3.10. The lowest BCUT2D eigenvalue weighted by molar-refractivity contribution is -0.122. The fourth-order valence-corrected chi connectivity index (χ4v) is 4.06. The van der Waals surface area contributed by atoms with E-state index in [9.17, 15) is 9.18 Å². The number of nitrogens with two attached hydrogens (primary N) is 1. The number of benzene rings is 1. The Morgan fingerprint density at radius 3 is 2.52 bits per heavy atom. The monoisotopic (exact) mass is 290 g/mol. The third-order valence-corrected chi connectivity index (χ3v) is 5.09. The minimum absolute atomic E-state index is 0.0173. The van der Waals surface area contributed by atoms with Crippen LogP contribution in [0, 0.1) is 30.5 Å². The molecule has 2 bridgehead atoms. The van der Waals surface area contributed by atoms with Crippen molar-refractivity contribution >= 4 is 11.6 Å². The number of hydrogen-bond acceptors (Lipinski definition) is 2. The molecule has 1 aromatic rings. The summed E-state index contributed by atoms with van der Waals surface area (Å²) < 4.78 is 13.4. The summed E-state index contributed by atoms with van der Waals surface area (Å²) in [6.07, 6.45) is 5.26. The van der Waals surface area contributed by atoms with Crippen molar-refractivity contribution in [3.05, 3.63) is 29.6 Å². The van der Waals surface area contributed by atoms with Gasteiger partial charge in [0.1, 0.15) is 5.82 Å². The van der Waals surface area contributed by atoms with E-state index in [2.05, 4.69) is 5.32 Å². The maximum Gasteiger partial charge on any atom is 0.227 e. The van der Waals surface area contributed by atoms with Crippen LogP contribution < -0.4 is 11.1 Å². The van der Waals surface area contributed by atoms with Crippen LogP contribution in [0.25, 0.3) is 0 Å². The van der Waals surface area contributed by atoms with Crippen LogP contribution in [0.5, 0.6) is 0 Å². The maximum absolute atomic E-state index is 13.4. The first-order chi connectivity index (χ1) is 10.0. The Balaban J connectivity index is 1.68. The van der Waals surface area contributed by atoms with Crippen molar-refractivity contribution < 1.29 is 9.18 Å². The van der Waals surface area contributed by atoms with Crippen LogP contribution >= 0.6 is 0 Å². The number of fused-ring (bicyclic) bond motifs is 2. The SMILES string of the molecule is Cc1cc(F)cc(NC(=O)C2CC3CCCC(C2)C3N)c1. The summed E-state index contributed by atoms with van der Waals surface area (Å²) in [6, 6.07) is 4.90.